The summed E-state index contributed by atoms with van der Waals surface area (Å²) in [5.74, 6) is 1.12. The normalized spacial score (nSPS) is 9.86. The van der Waals surface area contributed by atoms with Crippen LogP contribution in [0.2, 0.25) is 0 Å². The lowest BCUT2D eigenvalue weighted by molar-refractivity contribution is -0.128. The second-order valence-electron chi connectivity index (χ2n) is 4.35. The summed E-state index contributed by atoms with van der Waals surface area (Å²) in [6.07, 6.45) is 2.60. The highest BCUT2D eigenvalue weighted by Gasteiger charge is 2.16. The number of rotatable bonds is 6. The molecule has 2 aromatic rings. The standard InChI is InChI=1S/C18H16O4/c1-5-12(3)21-18-14-10-8-7-9-13(14)15(11-16(18)20-4)22-17(19)6-2/h5-11H,1-3H2,4H3. The van der Waals surface area contributed by atoms with Gasteiger partial charge in [0.15, 0.2) is 11.5 Å². The summed E-state index contributed by atoms with van der Waals surface area (Å²) in [7, 11) is 1.51. The SMILES string of the molecule is C=CC(=C)Oc1c(OC)cc(OC(=O)C=C)c2ccccc12. The van der Waals surface area contributed by atoms with Crippen LogP contribution in [0.4, 0.5) is 0 Å². The molecule has 0 spiro atoms. The van der Waals surface area contributed by atoms with Gasteiger partial charge in [-0.25, -0.2) is 4.79 Å². The lowest BCUT2D eigenvalue weighted by Gasteiger charge is -2.15. The molecule has 0 radical (unpaired) electrons. The molecular formula is C18H16O4. The summed E-state index contributed by atoms with van der Waals surface area (Å²) in [6, 6.07) is 8.95. The van der Waals surface area contributed by atoms with Crippen molar-refractivity contribution >= 4 is 16.7 Å². The van der Waals surface area contributed by atoms with Gasteiger partial charge in [0.2, 0.25) is 0 Å². The number of benzene rings is 2. The fraction of sp³-hybridized carbons (Fsp3) is 0.0556. The maximum atomic E-state index is 11.5. The zero-order chi connectivity index (χ0) is 16.1. The quantitative estimate of drug-likeness (QED) is 0.265. The number of esters is 1. The molecule has 2 rings (SSSR count). The third kappa shape index (κ3) is 3.01. The maximum Gasteiger partial charge on any atom is 0.335 e. The molecule has 0 saturated heterocycles. The molecule has 0 atom stereocenters. The van der Waals surface area contributed by atoms with E-state index in [1.165, 1.54) is 13.2 Å². The Hall–Kier alpha value is -3.01. The molecular weight excluding hydrogens is 280 g/mol. The minimum absolute atomic E-state index is 0.369. The first kappa shape index (κ1) is 15.4. The fourth-order valence-electron chi connectivity index (χ4n) is 1.96. The van der Waals surface area contributed by atoms with E-state index in [0.29, 0.717) is 28.4 Å². The third-order valence-corrected chi connectivity index (χ3v) is 2.98. The first-order chi connectivity index (χ1) is 10.6. The van der Waals surface area contributed by atoms with E-state index in [-0.39, 0.29) is 0 Å². The van der Waals surface area contributed by atoms with E-state index in [9.17, 15) is 4.79 Å². The summed E-state index contributed by atoms with van der Waals surface area (Å²) in [4.78, 5) is 11.5. The lowest BCUT2D eigenvalue weighted by Crippen LogP contribution is -2.04. The molecule has 0 aromatic heterocycles. The van der Waals surface area contributed by atoms with Gasteiger partial charge in [-0.3, -0.25) is 0 Å². The molecule has 22 heavy (non-hydrogen) atoms. The van der Waals surface area contributed by atoms with Crippen LogP contribution in [0, 0.1) is 0 Å². The minimum Gasteiger partial charge on any atom is -0.493 e. The highest BCUT2D eigenvalue weighted by atomic mass is 16.5. The van der Waals surface area contributed by atoms with E-state index >= 15 is 0 Å². The molecule has 0 aliphatic carbocycles. The van der Waals surface area contributed by atoms with Gasteiger partial charge in [-0.05, 0) is 6.08 Å². The molecule has 0 fully saturated rings. The van der Waals surface area contributed by atoms with Crippen LogP contribution < -0.4 is 14.2 Å². The monoisotopic (exact) mass is 296 g/mol. The summed E-state index contributed by atoms with van der Waals surface area (Å²) in [6.45, 7) is 10.7. The number of methoxy groups -OCH3 is 1. The molecule has 112 valence electrons. The number of hydrogen-bond acceptors (Lipinski definition) is 4. The zero-order valence-electron chi connectivity index (χ0n) is 12.3. The van der Waals surface area contributed by atoms with E-state index in [1.807, 2.05) is 24.3 Å². The van der Waals surface area contributed by atoms with Crippen molar-refractivity contribution in [2.75, 3.05) is 7.11 Å². The Morgan fingerprint density at radius 3 is 2.32 bits per heavy atom. The van der Waals surface area contributed by atoms with Gasteiger partial charge in [0.25, 0.3) is 0 Å². The van der Waals surface area contributed by atoms with Crippen LogP contribution in [0.1, 0.15) is 0 Å². The summed E-state index contributed by atoms with van der Waals surface area (Å²) in [5.41, 5.74) is 0. The molecule has 0 amide bonds. The molecule has 0 aliphatic heterocycles. The fourth-order valence-corrected chi connectivity index (χ4v) is 1.96. The van der Waals surface area contributed by atoms with Crippen LogP contribution in [-0.4, -0.2) is 13.1 Å². The number of carbonyl (C=O) groups is 1. The summed E-state index contributed by atoms with van der Waals surface area (Å²) in [5, 5.41) is 1.45. The van der Waals surface area contributed by atoms with E-state index < -0.39 is 5.97 Å². The Labute approximate surface area is 128 Å². The van der Waals surface area contributed by atoms with Crippen molar-refractivity contribution in [1.82, 2.24) is 0 Å². The smallest absolute Gasteiger partial charge is 0.335 e. The molecule has 0 saturated carbocycles. The van der Waals surface area contributed by atoms with Crippen LogP contribution in [0.3, 0.4) is 0 Å². The molecule has 2 aromatic carbocycles. The Morgan fingerprint density at radius 1 is 1.05 bits per heavy atom. The number of fused-ring (bicyclic) bond motifs is 1. The largest absolute Gasteiger partial charge is 0.493 e. The van der Waals surface area contributed by atoms with Gasteiger partial charge in [0.1, 0.15) is 11.5 Å². The summed E-state index contributed by atoms with van der Waals surface area (Å²) < 4.78 is 16.3. The predicted octanol–water partition coefficient (Wildman–Crippen LogP) is 4.02. The second kappa shape index (κ2) is 6.63. The van der Waals surface area contributed by atoms with Crippen molar-refractivity contribution in [2.24, 2.45) is 0 Å². The molecule has 0 N–H and O–H groups in total. The van der Waals surface area contributed by atoms with Crippen molar-refractivity contribution in [1.29, 1.82) is 0 Å². The van der Waals surface area contributed by atoms with Crippen molar-refractivity contribution in [2.45, 2.75) is 0 Å². The van der Waals surface area contributed by atoms with E-state index in [1.54, 1.807) is 6.07 Å². The Balaban J connectivity index is 2.67. The van der Waals surface area contributed by atoms with Gasteiger partial charge >= 0.3 is 5.97 Å². The van der Waals surface area contributed by atoms with Gasteiger partial charge in [0.05, 0.1) is 7.11 Å². The number of hydrogen-bond donors (Lipinski definition) is 0. The van der Waals surface area contributed by atoms with Crippen LogP contribution in [-0.2, 0) is 4.79 Å². The third-order valence-electron chi connectivity index (χ3n) is 2.98. The van der Waals surface area contributed by atoms with Crippen LogP contribution in [0.25, 0.3) is 10.8 Å². The second-order valence-corrected chi connectivity index (χ2v) is 4.35. The zero-order valence-corrected chi connectivity index (χ0v) is 12.3. The minimum atomic E-state index is -0.545. The number of allylic oxidation sites excluding steroid dienone is 1. The van der Waals surface area contributed by atoms with Gasteiger partial charge in [-0.2, -0.15) is 0 Å². The molecule has 0 unspecified atom stereocenters. The molecule has 0 aliphatic rings. The van der Waals surface area contributed by atoms with Gasteiger partial charge in [0, 0.05) is 22.9 Å². The number of ether oxygens (including phenoxy) is 3. The molecule has 4 heteroatoms. The topological polar surface area (TPSA) is 44.8 Å². The molecule has 0 heterocycles. The molecule has 0 bridgehead atoms. The van der Waals surface area contributed by atoms with E-state index in [2.05, 4.69) is 19.7 Å². The Bertz CT molecular complexity index is 759. The number of carbonyl (C=O) groups excluding carboxylic acids is 1. The van der Waals surface area contributed by atoms with Crippen LogP contribution in [0.15, 0.2) is 68.0 Å². The van der Waals surface area contributed by atoms with Crippen molar-refractivity contribution in [3.63, 3.8) is 0 Å². The predicted molar refractivity (Wildman–Crippen MR) is 86.3 cm³/mol. The summed E-state index contributed by atoms with van der Waals surface area (Å²) >= 11 is 0. The van der Waals surface area contributed by atoms with Crippen LogP contribution >= 0.6 is 0 Å². The van der Waals surface area contributed by atoms with Gasteiger partial charge in [-0.1, -0.05) is 44.0 Å². The van der Waals surface area contributed by atoms with E-state index in [4.69, 9.17) is 14.2 Å². The average molecular weight is 296 g/mol. The van der Waals surface area contributed by atoms with E-state index in [0.717, 1.165) is 11.5 Å². The highest BCUT2D eigenvalue weighted by Crippen LogP contribution is 2.42. The van der Waals surface area contributed by atoms with Crippen LogP contribution in [0.5, 0.6) is 17.2 Å². The lowest BCUT2D eigenvalue weighted by atomic mass is 10.1. The Morgan fingerprint density at radius 2 is 1.73 bits per heavy atom. The van der Waals surface area contributed by atoms with Crippen molar-refractivity contribution < 1.29 is 19.0 Å². The highest BCUT2D eigenvalue weighted by molar-refractivity contribution is 5.98. The van der Waals surface area contributed by atoms with Crippen molar-refractivity contribution in [3.8, 4) is 17.2 Å². The Kier molecular flexibility index (Phi) is 4.63. The average Bonchev–Trinajstić information content (AvgIpc) is 2.56. The van der Waals surface area contributed by atoms with Gasteiger partial charge < -0.3 is 14.2 Å². The first-order valence-corrected chi connectivity index (χ1v) is 6.54. The molecule has 4 nitrogen and oxygen atoms in total. The maximum absolute atomic E-state index is 11.5. The first-order valence-electron chi connectivity index (χ1n) is 6.54. The van der Waals surface area contributed by atoms with Gasteiger partial charge in [-0.15, -0.1) is 0 Å². The van der Waals surface area contributed by atoms with Crippen molar-refractivity contribution in [3.05, 3.63) is 68.0 Å².